The summed E-state index contributed by atoms with van der Waals surface area (Å²) in [5.41, 5.74) is 2.98. The van der Waals surface area contributed by atoms with Crippen LogP contribution in [0.2, 0.25) is 0 Å². The molecule has 162 valence electrons. The Bertz CT molecular complexity index is 787. The normalized spacial score (nSPS) is 17.2. The monoisotopic (exact) mass is 412 g/mol. The third-order valence-corrected chi connectivity index (χ3v) is 4.94. The molecular formula is C25H32O5. The fourth-order valence-corrected chi connectivity index (χ4v) is 3.46. The van der Waals surface area contributed by atoms with Gasteiger partial charge < -0.3 is 23.7 Å². The maximum Gasteiger partial charge on any atom is 0.199 e. The summed E-state index contributed by atoms with van der Waals surface area (Å²) in [6.07, 6.45) is 4.45. The number of benzene rings is 2. The molecule has 0 saturated carbocycles. The Kier molecular flexibility index (Phi) is 8.75. The van der Waals surface area contributed by atoms with Gasteiger partial charge in [0.2, 0.25) is 0 Å². The van der Waals surface area contributed by atoms with Crippen molar-refractivity contribution in [1.82, 2.24) is 0 Å². The summed E-state index contributed by atoms with van der Waals surface area (Å²) in [5, 5.41) is 0. The van der Waals surface area contributed by atoms with E-state index >= 15 is 0 Å². The van der Waals surface area contributed by atoms with E-state index in [1.807, 2.05) is 62.4 Å². The molecule has 2 aromatic rings. The summed E-state index contributed by atoms with van der Waals surface area (Å²) in [6, 6.07) is 16.0. The van der Waals surface area contributed by atoms with Crippen LogP contribution in [0.4, 0.5) is 0 Å². The molecule has 3 rings (SSSR count). The SMILES string of the molecule is CCOC(/C=C(\c1ccc(OC)cc1)c1ccccc1OC1CCCCO1)OCC. The molecule has 5 nitrogen and oxygen atoms in total. The van der Waals surface area contributed by atoms with Crippen LogP contribution in [0, 0.1) is 0 Å². The molecule has 30 heavy (non-hydrogen) atoms. The van der Waals surface area contributed by atoms with Crippen LogP contribution in [0.3, 0.4) is 0 Å². The second kappa shape index (κ2) is 11.7. The van der Waals surface area contributed by atoms with Crippen LogP contribution in [0.15, 0.2) is 54.6 Å². The Labute approximate surface area is 179 Å². The summed E-state index contributed by atoms with van der Waals surface area (Å²) in [7, 11) is 1.67. The summed E-state index contributed by atoms with van der Waals surface area (Å²) >= 11 is 0. The van der Waals surface area contributed by atoms with E-state index in [1.54, 1.807) is 7.11 Å². The van der Waals surface area contributed by atoms with Gasteiger partial charge in [-0.3, -0.25) is 0 Å². The van der Waals surface area contributed by atoms with Crippen molar-refractivity contribution in [2.75, 3.05) is 26.9 Å². The van der Waals surface area contributed by atoms with E-state index < -0.39 is 6.29 Å². The van der Waals surface area contributed by atoms with Gasteiger partial charge in [0.25, 0.3) is 0 Å². The smallest absolute Gasteiger partial charge is 0.199 e. The largest absolute Gasteiger partial charge is 0.497 e. The second-order valence-corrected chi connectivity index (χ2v) is 7.00. The molecule has 0 amide bonds. The number of rotatable bonds is 10. The second-order valence-electron chi connectivity index (χ2n) is 7.00. The minimum Gasteiger partial charge on any atom is -0.497 e. The Morgan fingerprint density at radius 1 is 1.03 bits per heavy atom. The van der Waals surface area contributed by atoms with E-state index in [-0.39, 0.29) is 6.29 Å². The van der Waals surface area contributed by atoms with Gasteiger partial charge in [0.1, 0.15) is 11.5 Å². The van der Waals surface area contributed by atoms with E-state index in [9.17, 15) is 0 Å². The molecule has 1 fully saturated rings. The Hall–Kier alpha value is -2.34. The van der Waals surface area contributed by atoms with Gasteiger partial charge in [0.05, 0.1) is 13.7 Å². The van der Waals surface area contributed by atoms with E-state index in [1.165, 1.54) is 0 Å². The highest BCUT2D eigenvalue weighted by atomic mass is 16.7. The summed E-state index contributed by atoms with van der Waals surface area (Å²) in [4.78, 5) is 0. The third-order valence-electron chi connectivity index (χ3n) is 4.94. The first-order chi connectivity index (χ1) is 14.7. The van der Waals surface area contributed by atoms with Crippen LogP contribution in [0.25, 0.3) is 5.57 Å². The highest BCUT2D eigenvalue weighted by Crippen LogP contribution is 2.34. The van der Waals surface area contributed by atoms with Crippen LogP contribution < -0.4 is 9.47 Å². The van der Waals surface area contributed by atoms with Crippen molar-refractivity contribution in [1.29, 1.82) is 0 Å². The fraction of sp³-hybridized carbons (Fsp3) is 0.440. The standard InChI is InChI=1S/C25H32O5/c1-4-27-25(28-5-2)18-22(19-13-15-20(26-3)16-14-19)21-10-6-7-11-23(21)30-24-12-8-9-17-29-24/h6-7,10-11,13-16,18,24-25H,4-5,8-9,12,17H2,1-3H3/b22-18+. The van der Waals surface area contributed by atoms with Gasteiger partial charge in [-0.25, -0.2) is 0 Å². The van der Waals surface area contributed by atoms with Crippen molar-refractivity contribution < 1.29 is 23.7 Å². The fourth-order valence-electron chi connectivity index (χ4n) is 3.46. The lowest BCUT2D eigenvalue weighted by molar-refractivity contribution is -0.106. The van der Waals surface area contributed by atoms with E-state index in [0.717, 1.165) is 54.1 Å². The zero-order valence-electron chi connectivity index (χ0n) is 18.1. The average molecular weight is 413 g/mol. The molecule has 1 atom stereocenters. The first-order valence-electron chi connectivity index (χ1n) is 10.7. The zero-order valence-corrected chi connectivity index (χ0v) is 18.1. The molecule has 0 radical (unpaired) electrons. The van der Waals surface area contributed by atoms with Crippen molar-refractivity contribution in [3.63, 3.8) is 0 Å². The van der Waals surface area contributed by atoms with Crippen molar-refractivity contribution in [2.24, 2.45) is 0 Å². The summed E-state index contributed by atoms with van der Waals surface area (Å²) in [5.74, 6) is 1.60. The Balaban J connectivity index is 2.00. The maximum absolute atomic E-state index is 6.27. The molecule has 5 heteroatoms. The number of hydrogen-bond acceptors (Lipinski definition) is 5. The molecule has 0 spiro atoms. The lowest BCUT2D eigenvalue weighted by Crippen LogP contribution is -2.25. The van der Waals surface area contributed by atoms with Gasteiger partial charge in [-0.15, -0.1) is 0 Å². The van der Waals surface area contributed by atoms with Gasteiger partial charge in [-0.2, -0.15) is 0 Å². The molecule has 1 aliphatic rings. The molecule has 1 heterocycles. The number of para-hydroxylation sites is 1. The molecule has 0 bridgehead atoms. The molecular weight excluding hydrogens is 380 g/mol. The highest BCUT2D eigenvalue weighted by molar-refractivity contribution is 5.83. The minimum atomic E-state index is -0.448. The molecule has 0 aromatic heterocycles. The van der Waals surface area contributed by atoms with Crippen LogP contribution in [-0.4, -0.2) is 39.5 Å². The van der Waals surface area contributed by atoms with Crippen LogP contribution in [0.1, 0.15) is 44.2 Å². The van der Waals surface area contributed by atoms with Crippen molar-refractivity contribution in [2.45, 2.75) is 45.7 Å². The average Bonchev–Trinajstić information content (AvgIpc) is 2.79. The predicted molar refractivity (Wildman–Crippen MR) is 118 cm³/mol. The molecule has 1 unspecified atom stereocenters. The van der Waals surface area contributed by atoms with Crippen LogP contribution in [-0.2, 0) is 14.2 Å². The number of methoxy groups -OCH3 is 1. The molecule has 1 aliphatic heterocycles. The minimum absolute atomic E-state index is 0.216. The number of ether oxygens (including phenoxy) is 5. The van der Waals surface area contributed by atoms with Gasteiger partial charge in [0.15, 0.2) is 12.6 Å². The lowest BCUT2D eigenvalue weighted by Gasteiger charge is -2.25. The van der Waals surface area contributed by atoms with Gasteiger partial charge >= 0.3 is 0 Å². The topological polar surface area (TPSA) is 46.2 Å². The quantitative estimate of drug-likeness (QED) is 0.487. The molecule has 0 N–H and O–H groups in total. The van der Waals surface area contributed by atoms with Gasteiger partial charge in [-0.1, -0.05) is 30.3 Å². The maximum atomic E-state index is 6.27. The third kappa shape index (κ3) is 6.08. The highest BCUT2D eigenvalue weighted by Gasteiger charge is 2.20. The summed E-state index contributed by atoms with van der Waals surface area (Å²) < 4.78 is 29.0. The first-order valence-corrected chi connectivity index (χ1v) is 10.7. The predicted octanol–water partition coefficient (Wildman–Crippen LogP) is 5.43. The first kappa shape index (κ1) is 22.3. The molecule has 2 aromatic carbocycles. The van der Waals surface area contributed by atoms with Crippen molar-refractivity contribution >= 4 is 5.57 Å². The van der Waals surface area contributed by atoms with Crippen LogP contribution in [0.5, 0.6) is 11.5 Å². The zero-order chi connectivity index (χ0) is 21.2. The van der Waals surface area contributed by atoms with Crippen molar-refractivity contribution in [3.8, 4) is 11.5 Å². The van der Waals surface area contributed by atoms with Crippen LogP contribution >= 0.6 is 0 Å². The van der Waals surface area contributed by atoms with E-state index in [2.05, 4.69) is 6.07 Å². The van der Waals surface area contributed by atoms with E-state index in [4.69, 9.17) is 23.7 Å². The number of hydrogen-bond donors (Lipinski definition) is 0. The van der Waals surface area contributed by atoms with Crippen molar-refractivity contribution in [3.05, 3.63) is 65.7 Å². The molecule has 0 aliphatic carbocycles. The molecule has 1 saturated heterocycles. The Morgan fingerprint density at radius 2 is 1.77 bits per heavy atom. The summed E-state index contributed by atoms with van der Waals surface area (Å²) in [6.45, 7) is 5.79. The Morgan fingerprint density at radius 3 is 2.40 bits per heavy atom. The van der Waals surface area contributed by atoms with Gasteiger partial charge in [0, 0.05) is 25.2 Å². The van der Waals surface area contributed by atoms with Gasteiger partial charge in [-0.05, 0) is 62.1 Å². The lowest BCUT2D eigenvalue weighted by atomic mass is 9.96. The van der Waals surface area contributed by atoms with E-state index in [0.29, 0.717) is 13.2 Å².